The molecule has 0 bridgehead atoms. The molecule has 92 valence electrons. The summed E-state index contributed by atoms with van der Waals surface area (Å²) < 4.78 is 22.4. The van der Waals surface area contributed by atoms with Gasteiger partial charge in [0, 0.05) is 24.8 Å². The fourth-order valence-corrected chi connectivity index (χ4v) is 3.06. The van der Waals surface area contributed by atoms with Gasteiger partial charge in [0.05, 0.1) is 5.75 Å². The van der Waals surface area contributed by atoms with Crippen molar-refractivity contribution in [3.8, 4) is 0 Å². The Labute approximate surface area is 96.7 Å². The molecule has 1 aliphatic carbocycles. The smallest absolute Gasteiger partial charge is 0.188 e. The van der Waals surface area contributed by atoms with E-state index >= 15 is 0 Å². The second-order valence-electron chi connectivity index (χ2n) is 4.44. The summed E-state index contributed by atoms with van der Waals surface area (Å²) in [5.74, 6) is 0.554. The maximum Gasteiger partial charge on any atom is 0.188 e. The number of guanidine groups is 1. The molecule has 1 fully saturated rings. The Kier molecular flexibility index (Phi) is 3.96. The summed E-state index contributed by atoms with van der Waals surface area (Å²) in [6, 6.07) is 0. The van der Waals surface area contributed by atoms with Crippen LogP contribution in [0.4, 0.5) is 0 Å². The molecule has 0 amide bonds. The van der Waals surface area contributed by atoms with E-state index in [1.165, 1.54) is 6.26 Å². The molecule has 0 heterocycles. The number of sulfone groups is 1. The third kappa shape index (κ3) is 4.65. The highest BCUT2D eigenvalue weighted by Crippen LogP contribution is 2.46. The third-order valence-corrected chi connectivity index (χ3v) is 3.67. The summed E-state index contributed by atoms with van der Waals surface area (Å²) in [5.41, 5.74) is 5.44. The predicted octanol–water partition coefficient (Wildman–Crippen LogP) is -0.0985. The SMILES string of the molecule is C=CCNC(N)=NCC1(CS(C)(=O)=O)CC1. The first-order valence-electron chi connectivity index (χ1n) is 5.19. The Hall–Kier alpha value is -1.04. The maximum atomic E-state index is 11.2. The van der Waals surface area contributed by atoms with Crippen LogP contribution in [0.25, 0.3) is 0 Å². The average molecular weight is 245 g/mol. The van der Waals surface area contributed by atoms with Crippen LogP contribution in [0.5, 0.6) is 0 Å². The first kappa shape index (κ1) is 13.0. The maximum absolute atomic E-state index is 11.2. The second-order valence-corrected chi connectivity index (χ2v) is 6.58. The molecular weight excluding hydrogens is 226 g/mol. The monoisotopic (exact) mass is 245 g/mol. The van der Waals surface area contributed by atoms with Crippen LogP contribution in [-0.4, -0.2) is 39.5 Å². The normalized spacial score (nSPS) is 19.2. The summed E-state index contributed by atoms with van der Waals surface area (Å²) in [5, 5.41) is 2.86. The fraction of sp³-hybridized carbons (Fsp3) is 0.700. The van der Waals surface area contributed by atoms with Crippen LogP contribution in [0.2, 0.25) is 0 Å². The predicted molar refractivity (Wildman–Crippen MR) is 66.1 cm³/mol. The van der Waals surface area contributed by atoms with E-state index in [4.69, 9.17) is 5.73 Å². The van der Waals surface area contributed by atoms with Crippen molar-refractivity contribution >= 4 is 15.8 Å². The molecule has 5 nitrogen and oxygen atoms in total. The van der Waals surface area contributed by atoms with E-state index in [1.54, 1.807) is 6.08 Å². The Morgan fingerprint density at radius 1 is 1.62 bits per heavy atom. The Morgan fingerprint density at radius 2 is 2.25 bits per heavy atom. The number of aliphatic imine (C=N–C) groups is 1. The number of nitrogens with one attached hydrogen (secondary N) is 1. The lowest BCUT2D eigenvalue weighted by molar-refractivity contribution is 0.551. The summed E-state index contributed by atoms with van der Waals surface area (Å²) in [7, 11) is -2.93. The number of nitrogens with zero attached hydrogens (tertiary/aromatic N) is 1. The molecule has 16 heavy (non-hydrogen) atoms. The molecule has 3 N–H and O–H groups in total. The lowest BCUT2D eigenvalue weighted by Crippen LogP contribution is -2.33. The molecule has 1 rings (SSSR count). The van der Waals surface area contributed by atoms with Gasteiger partial charge in [-0.25, -0.2) is 8.42 Å². The zero-order chi connectivity index (χ0) is 12.2. The molecule has 0 aromatic heterocycles. The van der Waals surface area contributed by atoms with Crippen LogP contribution < -0.4 is 11.1 Å². The van der Waals surface area contributed by atoms with Crippen LogP contribution >= 0.6 is 0 Å². The number of nitrogens with two attached hydrogens (primary N) is 1. The summed E-state index contributed by atoms with van der Waals surface area (Å²) in [4.78, 5) is 4.15. The second kappa shape index (κ2) is 4.86. The summed E-state index contributed by atoms with van der Waals surface area (Å²) >= 11 is 0. The molecule has 0 aliphatic heterocycles. The highest BCUT2D eigenvalue weighted by atomic mass is 32.2. The average Bonchev–Trinajstić information content (AvgIpc) is 2.89. The van der Waals surface area contributed by atoms with Crippen molar-refractivity contribution in [1.29, 1.82) is 0 Å². The molecule has 0 atom stereocenters. The van der Waals surface area contributed by atoms with Gasteiger partial charge in [-0.2, -0.15) is 0 Å². The Morgan fingerprint density at radius 3 is 2.69 bits per heavy atom. The van der Waals surface area contributed by atoms with Crippen molar-refractivity contribution in [1.82, 2.24) is 5.32 Å². The third-order valence-electron chi connectivity index (χ3n) is 2.54. The molecule has 1 aliphatic rings. The minimum atomic E-state index is -2.93. The topological polar surface area (TPSA) is 84.5 Å². The number of hydrogen-bond acceptors (Lipinski definition) is 3. The standard InChI is InChI=1S/C10H19N3O2S/c1-3-6-12-9(11)13-7-10(4-5-10)8-16(2,14)15/h3H,1,4-8H2,2H3,(H3,11,12,13). The van der Waals surface area contributed by atoms with Gasteiger partial charge in [0.1, 0.15) is 9.84 Å². The van der Waals surface area contributed by atoms with E-state index in [2.05, 4.69) is 16.9 Å². The molecule has 0 saturated heterocycles. The van der Waals surface area contributed by atoms with Gasteiger partial charge in [0.15, 0.2) is 5.96 Å². The highest BCUT2D eigenvalue weighted by molar-refractivity contribution is 7.90. The lowest BCUT2D eigenvalue weighted by atomic mass is 10.1. The first-order valence-corrected chi connectivity index (χ1v) is 7.25. The van der Waals surface area contributed by atoms with Crippen LogP contribution in [0, 0.1) is 5.41 Å². The molecular formula is C10H19N3O2S. The van der Waals surface area contributed by atoms with Crippen LogP contribution in [0.1, 0.15) is 12.8 Å². The summed E-state index contributed by atoms with van der Waals surface area (Å²) in [6.07, 6.45) is 4.78. The Bertz CT molecular complexity index is 383. The minimum absolute atomic E-state index is 0.159. The largest absolute Gasteiger partial charge is 0.370 e. The van der Waals surface area contributed by atoms with Gasteiger partial charge in [0.2, 0.25) is 0 Å². The van der Waals surface area contributed by atoms with E-state index < -0.39 is 9.84 Å². The molecule has 0 spiro atoms. The first-order chi connectivity index (χ1) is 7.37. The number of hydrogen-bond donors (Lipinski definition) is 2. The zero-order valence-corrected chi connectivity index (χ0v) is 10.4. The van der Waals surface area contributed by atoms with Gasteiger partial charge in [0.25, 0.3) is 0 Å². The van der Waals surface area contributed by atoms with E-state index in [9.17, 15) is 8.42 Å². The van der Waals surface area contributed by atoms with Crippen LogP contribution in [-0.2, 0) is 9.84 Å². The molecule has 0 aromatic rings. The van der Waals surface area contributed by atoms with Crippen LogP contribution in [0.15, 0.2) is 17.6 Å². The lowest BCUT2D eigenvalue weighted by Gasteiger charge is -2.11. The quantitative estimate of drug-likeness (QED) is 0.389. The van der Waals surface area contributed by atoms with E-state index in [-0.39, 0.29) is 11.2 Å². The van der Waals surface area contributed by atoms with Crippen molar-refractivity contribution in [3.63, 3.8) is 0 Å². The molecule has 0 aromatic carbocycles. The fourth-order valence-electron chi connectivity index (χ4n) is 1.57. The van der Waals surface area contributed by atoms with Gasteiger partial charge >= 0.3 is 0 Å². The van der Waals surface area contributed by atoms with Gasteiger partial charge in [-0.15, -0.1) is 6.58 Å². The van der Waals surface area contributed by atoms with E-state index in [0.29, 0.717) is 19.0 Å². The summed E-state index contributed by atoms with van der Waals surface area (Å²) in [6.45, 7) is 4.60. The van der Waals surface area contributed by atoms with Gasteiger partial charge in [-0.05, 0) is 12.8 Å². The van der Waals surface area contributed by atoms with Crippen molar-refractivity contribution < 1.29 is 8.42 Å². The van der Waals surface area contributed by atoms with Gasteiger partial charge < -0.3 is 11.1 Å². The van der Waals surface area contributed by atoms with Gasteiger partial charge in [-0.3, -0.25) is 4.99 Å². The Balaban J connectivity index is 2.45. The van der Waals surface area contributed by atoms with Crippen molar-refractivity contribution in [3.05, 3.63) is 12.7 Å². The van der Waals surface area contributed by atoms with E-state index in [0.717, 1.165) is 12.8 Å². The minimum Gasteiger partial charge on any atom is -0.370 e. The van der Waals surface area contributed by atoms with E-state index in [1.807, 2.05) is 0 Å². The van der Waals surface area contributed by atoms with Crippen molar-refractivity contribution in [2.24, 2.45) is 16.1 Å². The van der Waals surface area contributed by atoms with Gasteiger partial charge in [-0.1, -0.05) is 6.08 Å². The molecule has 1 saturated carbocycles. The highest BCUT2D eigenvalue weighted by Gasteiger charge is 2.45. The van der Waals surface area contributed by atoms with Crippen molar-refractivity contribution in [2.45, 2.75) is 12.8 Å². The zero-order valence-electron chi connectivity index (χ0n) is 9.57. The molecule has 0 unspecified atom stereocenters. The number of rotatable bonds is 6. The molecule has 6 heteroatoms. The van der Waals surface area contributed by atoms with Crippen molar-refractivity contribution in [2.75, 3.05) is 25.1 Å². The molecule has 0 radical (unpaired) electrons. The van der Waals surface area contributed by atoms with Crippen LogP contribution in [0.3, 0.4) is 0 Å².